The summed E-state index contributed by atoms with van der Waals surface area (Å²) in [5.74, 6) is 2.15. The SMILES string of the molecule is Cc1noc(C)c1-c1nc(CN2CCCN(C(=O)CSc3cnc4ccccc4n3)CC2)no1. The van der Waals surface area contributed by atoms with Gasteiger partial charge in [-0.05, 0) is 32.4 Å². The smallest absolute Gasteiger partial charge is 0.263 e. The summed E-state index contributed by atoms with van der Waals surface area (Å²) in [7, 11) is 0. The van der Waals surface area contributed by atoms with Gasteiger partial charge >= 0.3 is 0 Å². The minimum absolute atomic E-state index is 0.113. The first-order valence-electron chi connectivity index (χ1n) is 11.2. The van der Waals surface area contributed by atoms with Crippen LogP contribution in [0.15, 0.2) is 44.5 Å². The number of hydrogen-bond donors (Lipinski definition) is 0. The van der Waals surface area contributed by atoms with Gasteiger partial charge in [0.15, 0.2) is 5.82 Å². The Kier molecular flexibility index (Phi) is 6.54. The molecule has 1 fully saturated rings. The number of carbonyl (C=O) groups is 1. The molecule has 1 aliphatic heterocycles. The predicted octanol–water partition coefficient (Wildman–Crippen LogP) is 3.11. The number of carbonyl (C=O) groups excluding carboxylic acids is 1. The Morgan fingerprint density at radius 3 is 2.71 bits per heavy atom. The first kappa shape index (κ1) is 22.5. The lowest BCUT2D eigenvalue weighted by Crippen LogP contribution is -2.36. The van der Waals surface area contributed by atoms with Gasteiger partial charge in [0.05, 0.1) is 35.2 Å². The third-order valence-electron chi connectivity index (χ3n) is 5.79. The van der Waals surface area contributed by atoms with E-state index >= 15 is 0 Å². The number of nitrogens with zero attached hydrogens (tertiary/aromatic N) is 7. The lowest BCUT2D eigenvalue weighted by molar-refractivity contribution is -0.128. The van der Waals surface area contributed by atoms with E-state index in [9.17, 15) is 4.79 Å². The number of rotatable bonds is 6. The van der Waals surface area contributed by atoms with Gasteiger partial charge in [-0.25, -0.2) is 4.98 Å². The molecule has 0 saturated carbocycles. The van der Waals surface area contributed by atoms with Gasteiger partial charge < -0.3 is 13.9 Å². The van der Waals surface area contributed by atoms with Gasteiger partial charge in [0, 0.05) is 26.2 Å². The topological polar surface area (TPSA) is 114 Å². The van der Waals surface area contributed by atoms with Crippen LogP contribution in [0.25, 0.3) is 22.5 Å². The van der Waals surface area contributed by atoms with Crippen LogP contribution in [0.3, 0.4) is 0 Å². The summed E-state index contributed by atoms with van der Waals surface area (Å²) in [6.07, 6.45) is 2.62. The first-order valence-corrected chi connectivity index (χ1v) is 12.2. The third-order valence-corrected chi connectivity index (χ3v) is 6.68. The van der Waals surface area contributed by atoms with Crippen LogP contribution >= 0.6 is 11.8 Å². The fraction of sp³-hybridized carbons (Fsp3) is 0.391. The molecule has 4 aromatic rings. The number of thioether (sulfide) groups is 1. The van der Waals surface area contributed by atoms with E-state index in [1.807, 2.05) is 43.0 Å². The lowest BCUT2D eigenvalue weighted by Gasteiger charge is -2.21. The van der Waals surface area contributed by atoms with Gasteiger partial charge in [0.1, 0.15) is 16.3 Å². The van der Waals surface area contributed by atoms with Crippen molar-refractivity contribution in [2.24, 2.45) is 0 Å². The van der Waals surface area contributed by atoms with Gasteiger partial charge in [0.25, 0.3) is 5.89 Å². The van der Waals surface area contributed by atoms with E-state index in [0.717, 1.165) is 53.4 Å². The quantitative estimate of drug-likeness (QED) is 0.382. The second-order valence-corrected chi connectivity index (χ2v) is 9.21. The van der Waals surface area contributed by atoms with Gasteiger partial charge in [0.2, 0.25) is 5.91 Å². The molecular weight excluding hydrogens is 454 g/mol. The Bertz CT molecular complexity index is 1290. The van der Waals surface area contributed by atoms with Crippen molar-refractivity contribution in [3.63, 3.8) is 0 Å². The Morgan fingerprint density at radius 1 is 1.03 bits per heavy atom. The van der Waals surface area contributed by atoms with Crippen molar-refractivity contribution in [1.82, 2.24) is 35.1 Å². The van der Waals surface area contributed by atoms with E-state index in [2.05, 4.69) is 30.2 Å². The second-order valence-electron chi connectivity index (χ2n) is 8.21. The monoisotopic (exact) mass is 479 g/mol. The maximum absolute atomic E-state index is 12.8. The molecular formula is C23H25N7O3S. The van der Waals surface area contributed by atoms with Crippen LogP contribution in [0.2, 0.25) is 0 Å². The van der Waals surface area contributed by atoms with Crippen molar-refractivity contribution in [2.75, 3.05) is 31.9 Å². The maximum atomic E-state index is 12.8. The summed E-state index contributed by atoms with van der Waals surface area (Å²) >= 11 is 1.43. The number of hydrogen-bond acceptors (Lipinski definition) is 10. The number of benzene rings is 1. The van der Waals surface area contributed by atoms with E-state index in [0.29, 0.717) is 36.3 Å². The summed E-state index contributed by atoms with van der Waals surface area (Å²) in [6.45, 7) is 7.25. The number of para-hydroxylation sites is 2. The number of fused-ring (bicyclic) bond motifs is 1. The van der Waals surface area contributed by atoms with E-state index in [-0.39, 0.29) is 5.91 Å². The number of amides is 1. The maximum Gasteiger partial charge on any atom is 0.263 e. The Balaban J connectivity index is 1.14. The van der Waals surface area contributed by atoms with Crippen molar-refractivity contribution in [3.8, 4) is 11.5 Å². The van der Waals surface area contributed by atoms with Gasteiger partial charge in [-0.1, -0.05) is 34.2 Å². The summed E-state index contributed by atoms with van der Waals surface area (Å²) in [4.78, 5) is 30.5. The second kappa shape index (κ2) is 9.90. The third kappa shape index (κ3) is 4.95. The van der Waals surface area contributed by atoms with Crippen molar-refractivity contribution in [2.45, 2.75) is 31.8 Å². The van der Waals surface area contributed by atoms with Crippen LogP contribution in [0.1, 0.15) is 23.7 Å². The minimum atomic E-state index is 0.113. The normalized spacial score (nSPS) is 15.1. The van der Waals surface area contributed by atoms with Crippen LogP contribution < -0.4 is 0 Å². The fourth-order valence-electron chi connectivity index (χ4n) is 4.02. The van der Waals surface area contributed by atoms with E-state index < -0.39 is 0 Å². The Hall–Kier alpha value is -3.31. The highest BCUT2D eigenvalue weighted by molar-refractivity contribution is 7.99. The molecule has 1 amide bonds. The molecule has 0 bridgehead atoms. The van der Waals surface area contributed by atoms with Crippen LogP contribution in [-0.4, -0.2) is 72.9 Å². The zero-order chi connectivity index (χ0) is 23.5. The molecule has 0 radical (unpaired) electrons. The summed E-state index contributed by atoms with van der Waals surface area (Å²) in [5, 5.41) is 8.83. The molecule has 10 nitrogen and oxygen atoms in total. The fourth-order valence-corrected chi connectivity index (χ4v) is 4.77. The van der Waals surface area contributed by atoms with Crippen molar-refractivity contribution in [3.05, 3.63) is 47.7 Å². The molecule has 0 spiro atoms. The molecule has 0 unspecified atom stereocenters. The molecule has 1 aromatic carbocycles. The van der Waals surface area contributed by atoms with Gasteiger partial charge in [-0.3, -0.25) is 14.7 Å². The number of aromatic nitrogens is 5. The molecule has 34 heavy (non-hydrogen) atoms. The van der Waals surface area contributed by atoms with Crippen molar-refractivity contribution in [1.29, 1.82) is 0 Å². The molecule has 176 valence electrons. The largest absolute Gasteiger partial charge is 0.361 e. The molecule has 11 heteroatoms. The van der Waals surface area contributed by atoms with Crippen LogP contribution in [0, 0.1) is 13.8 Å². The van der Waals surface area contributed by atoms with Crippen molar-refractivity contribution < 1.29 is 13.8 Å². The Morgan fingerprint density at radius 2 is 1.88 bits per heavy atom. The molecule has 3 aromatic heterocycles. The van der Waals surface area contributed by atoms with Crippen LogP contribution in [0.4, 0.5) is 0 Å². The lowest BCUT2D eigenvalue weighted by atomic mass is 10.2. The van der Waals surface area contributed by atoms with E-state index in [4.69, 9.17) is 9.05 Å². The molecule has 4 heterocycles. The van der Waals surface area contributed by atoms with Crippen LogP contribution in [0.5, 0.6) is 0 Å². The molecule has 0 aliphatic carbocycles. The van der Waals surface area contributed by atoms with Crippen molar-refractivity contribution >= 4 is 28.7 Å². The predicted molar refractivity (Wildman–Crippen MR) is 126 cm³/mol. The summed E-state index contributed by atoms with van der Waals surface area (Å²) in [6, 6.07) is 7.73. The molecule has 1 aliphatic rings. The number of aryl methyl sites for hydroxylation is 2. The molecule has 0 atom stereocenters. The van der Waals surface area contributed by atoms with E-state index in [1.54, 1.807) is 6.20 Å². The zero-order valence-corrected chi connectivity index (χ0v) is 19.9. The molecule has 1 saturated heterocycles. The highest BCUT2D eigenvalue weighted by Gasteiger charge is 2.22. The first-order chi connectivity index (χ1) is 16.6. The van der Waals surface area contributed by atoms with E-state index in [1.165, 1.54) is 11.8 Å². The average Bonchev–Trinajstić information content (AvgIpc) is 3.35. The minimum Gasteiger partial charge on any atom is -0.361 e. The zero-order valence-electron chi connectivity index (χ0n) is 19.1. The van der Waals surface area contributed by atoms with Gasteiger partial charge in [-0.2, -0.15) is 4.98 Å². The Labute approximate surface area is 200 Å². The molecule has 0 N–H and O–H groups in total. The highest BCUT2D eigenvalue weighted by atomic mass is 32.2. The van der Waals surface area contributed by atoms with Crippen LogP contribution in [-0.2, 0) is 11.3 Å². The summed E-state index contributed by atoms with van der Waals surface area (Å²) < 4.78 is 10.6. The average molecular weight is 480 g/mol. The summed E-state index contributed by atoms with van der Waals surface area (Å²) in [5.41, 5.74) is 3.17. The molecule has 5 rings (SSSR count). The highest BCUT2D eigenvalue weighted by Crippen LogP contribution is 2.25. The standard InChI is InChI=1S/C23H25N7O3S/c1-15-22(16(2)32-27-15)23-26-19(28-33-23)13-29-8-5-9-30(11-10-29)21(31)14-34-20-12-24-17-6-3-4-7-18(17)25-20/h3-4,6-7,12H,5,8-11,13-14H2,1-2H3. The van der Waals surface area contributed by atoms with Gasteiger partial charge in [-0.15, -0.1) is 0 Å².